The van der Waals surface area contributed by atoms with Crippen LogP contribution in [0.2, 0.25) is 5.02 Å². The number of hydrogen-bond acceptors (Lipinski definition) is 4. The number of hydrogen-bond donors (Lipinski definition) is 1. The average molecular weight is 279 g/mol. The molecule has 19 heavy (non-hydrogen) atoms. The van der Waals surface area contributed by atoms with Gasteiger partial charge < -0.3 is 15.0 Å². The Morgan fingerprint density at radius 1 is 1.32 bits per heavy atom. The largest absolute Gasteiger partial charge is 0.489 e. The van der Waals surface area contributed by atoms with E-state index < -0.39 is 0 Å². The molecule has 0 aliphatic heterocycles. The predicted octanol–water partition coefficient (Wildman–Crippen LogP) is 3.90. The Morgan fingerprint density at radius 2 is 2.11 bits per heavy atom. The molecule has 1 heterocycles. The molecule has 1 fully saturated rings. The first kappa shape index (κ1) is 12.4. The molecule has 0 spiro atoms. The number of rotatable bonds is 3. The van der Waals surface area contributed by atoms with Gasteiger partial charge in [0, 0.05) is 0 Å². The van der Waals surface area contributed by atoms with E-state index in [0.717, 1.165) is 29.7 Å². The van der Waals surface area contributed by atoms with Crippen LogP contribution in [0.3, 0.4) is 0 Å². The van der Waals surface area contributed by atoms with Crippen LogP contribution in [0.15, 0.2) is 28.9 Å². The predicted molar refractivity (Wildman–Crippen MR) is 74.2 cm³/mol. The van der Waals surface area contributed by atoms with E-state index in [1.165, 1.54) is 12.8 Å². The smallest absolute Gasteiger partial charge is 0.229 e. The van der Waals surface area contributed by atoms with Crippen molar-refractivity contribution >= 4 is 17.5 Å². The summed E-state index contributed by atoms with van der Waals surface area (Å²) >= 11 is 6.26. The van der Waals surface area contributed by atoms with Crippen molar-refractivity contribution in [3.8, 4) is 16.9 Å². The molecule has 1 aromatic carbocycles. The maximum Gasteiger partial charge on any atom is 0.229 e. The molecular formula is C14H15ClN2O2. The van der Waals surface area contributed by atoms with E-state index in [-0.39, 0.29) is 0 Å². The van der Waals surface area contributed by atoms with E-state index in [4.69, 9.17) is 26.6 Å². The summed E-state index contributed by atoms with van der Waals surface area (Å²) in [6.45, 7) is 0. The van der Waals surface area contributed by atoms with Gasteiger partial charge >= 0.3 is 0 Å². The molecule has 0 amide bonds. The van der Waals surface area contributed by atoms with Gasteiger partial charge in [0.2, 0.25) is 5.88 Å². The van der Waals surface area contributed by atoms with Gasteiger partial charge in [-0.25, -0.2) is 0 Å². The number of anilines is 1. The van der Waals surface area contributed by atoms with Gasteiger partial charge in [0.25, 0.3) is 0 Å². The van der Waals surface area contributed by atoms with E-state index in [0.29, 0.717) is 17.0 Å². The Kier molecular flexibility index (Phi) is 3.34. The first-order chi connectivity index (χ1) is 9.24. The van der Waals surface area contributed by atoms with E-state index in [9.17, 15) is 0 Å². The second kappa shape index (κ2) is 5.13. The second-order valence-corrected chi connectivity index (χ2v) is 5.18. The Labute approximate surface area is 116 Å². The third kappa shape index (κ3) is 2.54. The van der Waals surface area contributed by atoms with Crippen molar-refractivity contribution in [1.82, 2.24) is 5.16 Å². The fourth-order valence-electron chi connectivity index (χ4n) is 2.42. The average Bonchev–Trinajstić information content (AvgIpc) is 3.03. The van der Waals surface area contributed by atoms with Crippen molar-refractivity contribution in [1.29, 1.82) is 0 Å². The minimum atomic E-state index is 0.292. The van der Waals surface area contributed by atoms with Crippen molar-refractivity contribution in [3.63, 3.8) is 0 Å². The van der Waals surface area contributed by atoms with Crippen LogP contribution in [0.25, 0.3) is 11.1 Å². The van der Waals surface area contributed by atoms with E-state index in [1.807, 2.05) is 18.2 Å². The quantitative estimate of drug-likeness (QED) is 0.925. The van der Waals surface area contributed by atoms with Crippen LogP contribution in [0.5, 0.6) is 5.75 Å². The summed E-state index contributed by atoms with van der Waals surface area (Å²) in [5.74, 6) is 1.02. The number of benzene rings is 1. The lowest BCUT2D eigenvalue weighted by molar-refractivity contribution is 0.210. The zero-order chi connectivity index (χ0) is 13.2. The molecule has 2 aromatic rings. The molecule has 1 saturated carbocycles. The maximum atomic E-state index is 6.26. The minimum Gasteiger partial charge on any atom is -0.489 e. The summed E-state index contributed by atoms with van der Waals surface area (Å²) in [5.41, 5.74) is 7.31. The highest BCUT2D eigenvalue weighted by Gasteiger charge is 2.18. The van der Waals surface area contributed by atoms with Crippen LogP contribution in [0, 0.1) is 0 Å². The van der Waals surface area contributed by atoms with Crippen molar-refractivity contribution in [2.75, 3.05) is 5.73 Å². The highest BCUT2D eigenvalue weighted by molar-refractivity contribution is 6.32. The van der Waals surface area contributed by atoms with Crippen LogP contribution < -0.4 is 10.5 Å². The number of aromatic nitrogens is 1. The van der Waals surface area contributed by atoms with Gasteiger partial charge in [-0.1, -0.05) is 22.8 Å². The number of ether oxygens (including phenoxy) is 1. The Hall–Kier alpha value is -1.68. The minimum absolute atomic E-state index is 0.292. The Morgan fingerprint density at radius 3 is 2.74 bits per heavy atom. The fourth-order valence-corrected chi connectivity index (χ4v) is 2.64. The third-order valence-corrected chi connectivity index (χ3v) is 3.73. The molecule has 0 unspecified atom stereocenters. The molecule has 0 radical (unpaired) electrons. The number of nitrogen functional groups attached to an aromatic ring is 1. The summed E-state index contributed by atoms with van der Waals surface area (Å²) in [6, 6.07) is 5.62. The Bertz CT molecular complexity index is 577. The van der Waals surface area contributed by atoms with Gasteiger partial charge in [0.05, 0.1) is 22.9 Å². The molecule has 100 valence electrons. The zero-order valence-corrected chi connectivity index (χ0v) is 11.2. The molecule has 2 N–H and O–H groups in total. The molecule has 4 nitrogen and oxygen atoms in total. The first-order valence-corrected chi connectivity index (χ1v) is 6.78. The molecule has 3 rings (SSSR count). The van der Waals surface area contributed by atoms with Gasteiger partial charge in [-0.3, -0.25) is 0 Å². The second-order valence-electron chi connectivity index (χ2n) is 4.77. The lowest BCUT2D eigenvalue weighted by Gasteiger charge is -2.14. The molecule has 0 saturated heterocycles. The SMILES string of the molecule is Nc1oncc1-c1ccc(OC2CCCC2)c(Cl)c1. The van der Waals surface area contributed by atoms with E-state index >= 15 is 0 Å². The molecule has 1 aliphatic rings. The lowest BCUT2D eigenvalue weighted by atomic mass is 10.1. The normalized spacial score (nSPS) is 15.8. The molecule has 0 bridgehead atoms. The molecule has 5 heteroatoms. The topological polar surface area (TPSA) is 61.3 Å². The van der Waals surface area contributed by atoms with Gasteiger partial charge in [-0.05, 0) is 43.4 Å². The van der Waals surface area contributed by atoms with Gasteiger partial charge in [-0.2, -0.15) is 0 Å². The summed E-state index contributed by atoms with van der Waals surface area (Å²) in [4.78, 5) is 0. The van der Waals surface area contributed by atoms with Crippen molar-refractivity contribution in [2.24, 2.45) is 0 Å². The van der Waals surface area contributed by atoms with E-state index in [2.05, 4.69) is 5.16 Å². The summed E-state index contributed by atoms with van der Waals surface area (Å²) in [7, 11) is 0. The third-order valence-electron chi connectivity index (χ3n) is 3.44. The monoisotopic (exact) mass is 278 g/mol. The highest BCUT2D eigenvalue weighted by Crippen LogP contribution is 2.34. The lowest BCUT2D eigenvalue weighted by Crippen LogP contribution is -2.11. The number of halogens is 1. The van der Waals surface area contributed by atoms with Crippen LogP contribution in [-0.2, 0) is 0 Å². The molecule has 1 aliphatic carbocycles. The van der Waals surface area contributed by atoms with Crippen LogP contribution in [0.1, 0.15) is 25.7 Å². The van der Waals surface area contributed by atoms with Crippen LogP contribution in [-0.4, -0.2) is 11.3 Å². The summed E-state index contributed by atoms with van der Waals surface area (Å²) < 4.78 is 10.8. The van der Waals surface area contributed by atoms with Gasteiger partial charge in [-0.15, -0.1) is 0 Å². The first-order valence-electron chi connectivity index (χ1n) is 6.41. The van der Waals surface area contributed by atoms with Crippen molar-refractivity contribution in [2.45, 2.75) is 31.8 Å². The van der Waals surface area contributed by atoms with Crippen molar-refractivity contribution in [3.05, 3.63) is 29.4 Å². The van der Waals surface area contributed by atoms with Gasteiger partial charge in [0.15, 0.2) is 0 Å². The van der Waals surface area contributed by atoms with E-state index in [1.54, 1.807) is 6.20 Å². The summed E-state index contributed by atoms with van der Waals surface area (Å²) in [6.07, 6.45) is 6.56. The molecule has 1 aromatic heterocycles. The van der Waals surface area contributed by atoms with Gasteiger partial charge in [0.1, 0.15) is 5.75 Å². The Balaban J connectivity index is 1.83. The standard InChI is InChI=1S/C14H15ClN2O2/c15-12-7-9(11-8-17-19-14(11)16)5-6-13(12)18-10-3-1-2-4-10/h5-8,10H,1-4,16H2. The maximum absolute atomic E-state index is 6.26. The summed E-state index contributed by atoms with van der Waals surface area (Å²) in [5, 5.41) is 4.25. The van der Waals surface area contributed by atoms with Crippen LogP contribution in [0.4, 0.5) is 5.88 Å². The molecular weight excluding hydrogens is 264 g/mol. The van der Waals surface area contributed by atoms with Crippen molar-refractivity contribution < 1.29 is 9.26 Å². The number of nitrogens with two attached hydrogens (primary N) is 1. The highest BCUT2D eigenvalue weighted by atomic mass is 35.5. The van der Waals surface area contributed by atoms with Crippen LogP contribution >= 0.6 is 11.6 Å². The zero-order valence-electron chi connectivity index (χ0n) is 10.4. The number of nitrogens with zero attached hydrogens (tertiary/aromatic N) is 1. The molecule has 0 atom stereocenters. The fraction of sp³-hybridized carbons (Fsp3) is 0.357.